The third-order valence-corrected chi connectivity index (χ3v) is 5.09. The number of benzene rings is 1. The van der Waals surface area contributed by atoms with E-state index in [0.29, 0.717) is 16.7 Å². The van der Waals surface area contributed by atoms with Crippen LogP contribution in [0.15, 0.2) is 24.3 Å². The molecule has 0 radical (unpaired) electrons. The highest BCUT2D eigenvalue weighted by Gasteiger charge is 2.38. The fourth-order valence-corrected chi connectivity index (χ4v) is 3.77. The van der Waals surface area contributed by atoms with Gasteiger partial charge in [-0.05, 0) is 43.2 Å². The molecule has 108 valence electrons. The molecule has 1 heterocycles. The minimum Gasteiger partial charge on any atom is -0.339 e. The molecule has 0 bridgehead atoms. The first kappa shape index (κ1) is 13.4. The Bertz CT molecular complexity index is 484. The van der Waals surface area contributed by atoms with Gasteiger partial charge in [0.05, 0.1) is 11.3 Å². The molecule has 2 fully saturated rings. The van der Waals surface area contributed by atoms with E-state index >= 15 is 0 Å². The Kier molecular flexibility index (Phi) is 3.66. The van der Waals surface area contributed by atoms with E-state index in [2.05, 4.69) is 5.43 Å². The molecule has 20 heavy (non-hydrogen) atoms. The van der Waals surface area contributed by atoms with Crippen LogP contribution in [0, 0.1) is 5.41 Å². The maximum absolute atomic E-state index is 12.6. The van der Waals surface area contributed by atoms with Crippen molar-refractivity contribution in [1.82, 2.24) is 4.90 Å². The zero-order valence-corrected chi connectivity index (χ0v) is 11.9. The number of piperidine rings is 1. The van der Waals surface area contributed by atoms with Crippen molar-refractivity contribution in [2.24, 2.45) is 11.3 Å². The van der Waals surface area contributed by atoms with Gasteiger partial charge in [0, 0.05) is 13.1 Å². The number of carbonyl (C=O) groups is 1. The van der Waals surface area contributed by atoms with E-state index in [4.69, 9.17) is 5.84 Å². The molecule has 3 N–H and O–H groups in total. The normalized spacial score (nSPS) is 21.1. The van der Waals surface area contributed by atoms with E-state index in [1.807, 2.05) is 29.2 Å². The van der Waals surface area contributed by atoms with Crippen molar-refractivity contribution in [2.75, 3.05) is 18.5 Å². The number of nitrogens with one attached hydrogen (secondary N) is 1. The Morgan fingerprint density at radius 1 is 1.10 bits per heavy atom. The third kappa shape index (κ3) is 2.40. The average molecular weight is 273 g/mol. The van der Waals surface area contributed by atoms with E-state index in [1.54, 1.807) is 0 Å². The van der Waals surface area contributed by atoms with Gasteiger partial charge in [0.25, 0.3) is 5.91 Å². The number of para-hydroxylation sites is 1. The topological polar surface area (TPSA) is 58.4 Å². The maximum atomic E-state index is 12.6. The lowest BCUT2D eigenvalue weighted by Gasteiger charge is -2.39. The van der Waals surface area contributed by atoms with Crippen molar-refractivity contribution >= 4 is 11.6 Å². The van der Waals surface area contributed by atoms with Crippen LogP contribution >= 0.6 is 0 Å². The van der Waals surface area contributed by atoms with Gasteiger partial charge in [-0.1, -0.05) is 25.0 Å². The molecular formula is C16H23N3O. The quantitative estimate of drug-likeness (QED) is 0.643. The summed E-state index contributed by atoms with van der Waals surface area (Å²) < 4.78 is 0. The highest BCUT2D eigenvalue weighted by atomic mass is 16.2. The molecule has 1 aliphatic carbocycles. The van der Waals surface area contributed by atoms with Gasteiger partial charge in [-0.15, -0.1) is 0 Å². The molecule has 2 aliphatic rings. The molecule has 1 aromatic carbocycles. The number of nitrogens with two attached hydrogens (primary N) is 1. The van der Waals surface area contributed by atoms with Crippen LogP contribution in [0.1, 0.15) is 48.9 Å². The van der Waals surface area contributed by atoms with E-state index < -0.39 is 0 Å². The van der Waals surface area contributed by atoms with Gasteiger partial charge in [0.1, 0.15) is 0 Å². The fraction of sp³-hybridized carbons (Fsp3) is 0.562. The standard InChI is InChI=1S/C16H23N3O/c17-18-14-6-2-1-5-13(14)15(20)19-11-9-16(10-12-19)7-3-4-8-16/h1-2,5-6,18H,3-4,7-12,17H2. The van der Waals surface area contributed by atoms with Crippen molar-refractivity contribution < 1.29 is 4.79 Å². The van der Waals surface area contributed by atoms with Crippen LogP contribution in [0.5, 0.6) is 0 Å². The lowest BCUT2D eigenvalue weighted by Crippen LogP contribution is -2.42. The van der Waals surface area contributed by atoms with Crippen LogP contribution in [-0.2, 0) is 0 Å². The molecule has 0 unspecified atom stereocenters. The van der Waals surface area contributed by atoms with Crippen LogP contribution in [0.2, 0.25) is 0 Å². The Balaban J connectivity index is 1.70. The molecule has 3 rings (SSSR count). The van der Waals surface area contributed by atoms with E-state index in [0.717, 1.165) is 25.9 Å². The zero-order valence-electron chi connectivity index (χ0n) is 11.9. The van der Waals surface area contributed by atoms with Crippen LogP contribution in [-0.4, -0.2) is 23.9 Å². The lowest BCUT2D eigenvalue weighted by atomic mass is 9.77. The number of nitrogens with zero attached hydrogens (tertiary/aromatic N) is 1. The lowest BCUT2D eigenvalue weighted by molar-refractivity contribution is 0.0588. The predicted molar refractivity (Wildman–Crippen MR) is 80.3 cm³/mol. The number of rotatable bonds is 2. The Morgan fingerprint density at radius 3 is 2.40 bits per heavy atom. The third-order valence-electron chi connectivity index (χ3n) is 5.09. The summed E-state index contributed by atoms with van der Waals surface area (Å²) in [7, 11) is 0. The second-order valence-corrected chi connectivity index (χ2v) is 6.19. The van der Waals surface area contributed by atoms with E-state index in [9.17, 15) is 4.79 Å². The van der Waals surface area contributed by atoms with E-state index in [-0.39, 0.29) is 5.91 Å². The number of carbonyl (C=O) groups excluding carboxylic acids is 1. The Hall–Kier alpha value is -1.55. The molecule has 1 saturated carbocycles. The minimum atomic E-state index is 0.103. The summed E-state index contributed by atoms with van der Waals surface area (Å²) in [5.74, 6) is 5.59. The van der Waals surface area contributed by atoms with Crippen LogP contribution in [0.25, 0.3) is 0 Å². The van der Waals surface area contributed by atoms with Gasteiger partial charge in [-0.3, -0.25) is 10.6 Å². The predicted octanol–water partition coefficient (Wildman–Crippen LogP) is 2.77. The van der Waals surface area contributed by atoms with Gasteiger partial charge < -0.3 is 10.3 Å². The van der Waals surface area contributed by atoms with Gasteiger partial charge in [0.15, 0.2) is 0 Å². The molecule has 4 nitrogen and oxygen atoms in total. The van der Waals surface area contributed by atoms with Gasteiger partial charge in [0.2, 0.25) is 0 Å². The summed E-state index contributed by atoms with van der Waals surface area (Å²) >= 11 is 0. The van der Waals surface area contributed by atoms with Crippen molar-refractivity contribution in [2.45, 2.75) is 38.5 Å². The molecular weight excluding hydrogens is 250 g/mol. The molecule has 0 aromatic heterocycles. The maximum Gasteiger partial charge on any atom is 0.256 e. The molecule has 1 saturated heterocycles. The van der Waals surface area contributed by atoms with Gasteiger partial charge in [-0.2, -0.15) is 0 Å². The van der Waals surface area contributed by atoms with Crippen molar-refractivity contribution in [1.29, 1.82) is 0 Å². The second-order valence-electron chi connectivity index (χ2n) is 6.19. The summed E-state index contributed by atoms with van der Waals surface area (Å²) in [5.41, 5.74) is 4.55. The first-order valence-electron chi connectivity index (χ1n) is 7.59. The molecule has 0 atom stereocenters. The van der Waals surface area contributed by atoms with Gasteiger partial charge >= 0.3 is 0 Å². The fourth-order valence-electron chi connectivity index (χ4n) is 3.77. The second kappa shape index (κ2) is 5.44. The average Bonchev–Trinajstić information content (AvgIpc) is 2.95. The number of amides is 1. The molecule has 1 amide bonds. The van der Waals surface area contributed by atoms with Gasteiger partial charge in [-0.25, -0.2) is 0 Å². The minimum absolute atomic E-state index is 0.103. The number of hydrogen-bond acceptors (Lipinski definition) is 3. The van der Waals surface area contributed by atoms with Crippen molar-refractivity contribution in [3.8, 4) is 0 Å². The van der Waals surface area contributed by atoms with Crippen molar-refractivity contribution in [3.63, 3.8) is 0 Å². The molecule has 4 heteroatoms. The first-order valence-corrected chi connectivity index (χ1v) is 7.59. The number of hydrogen-bond donors (Lipinski definition) is 2. The Labute approximate surface area is 120 Å². The number of likely N-dealkylation sites (tertiary alicyclic amines) is 1. The molecule has 1 aliphatic heterocycles. The smallest absolute Gasteiger partial charge is 0.256 e. The first-order chi connectivity index (χ1) is 9.74. The summed E-state index contributed by atoms with van der Waals surface area (Å²) in [6.07, 6.45) is 7.78. The summed E-state index contributed by atoms with van der Waals surface area (Å²) in [6.45, 7) is 1.77. The monoisotopic (exact) mass is 273 g/mol. The summed E-state index contributed by atoms with van der Waals surface area (Å²) in [6, 6.07) is 7.46. The Morgan fingerprint density at radius 2 is 1.75 bits per heavy atom. The highest BCUT2D eigenvalue weighted by Crippen LogP contribution is 2.46. The largest absolute Gasteiger partial charge is 0.339 e. The zero-order chi connectivity index (χ0) is 14.0. The van der Waals surface area contributed by atoms with Crippen LogP contribution in [0.4, 0.5) is 5.69 Å². The number of hydrazine groups is 1. The summed E-state index contributed by atoms with van der Waals surface area (Å²) in [4.78, 5) is 14.6. The summed E-state index contributed by atoms with van der Waals surface area (Å²) in [5, 5.41) is 0. The van der Waals surface area contributed by atoms with Crippen LogP contribution in [0.3, 0.4) is 0 Å². The molecule has 1 aromatic rings. The van der Waals surface area contributed by atoms with Crippen molar-refractivity contribution in [3.05, 3.63) is 29.8 Å². The number of nitrogen functional groups attached to an aromatic ring is 1. The van der Waals surface area contributed by atoms with E-state index in [1.165, 1.54) is 25.7 Å². The molecule has 1 spiro atoms. The van der Waals surface area contributed by atoms with Crippen LogP contribution < -0.4 is 11.3 Å². The highest BCUT2D eigenvalue weighted by molar-refractivity contribution is 5.99. The number of anilines is 1. The SMILES string of the molecule is NNc1ccccc1C(=O)N1CCC2(CCCC2)CC1.